The third kappa shape index (κ3) is 4.55. The van der Waals surface area contributed by atoms with Gasteiger partial charge >= 0.3 is 0 Å². The lowest BCUT2D eigenvalue weighted by Crippen LogP contribution is -2.39. The number of rotatable bonds is 6. The van der Waals surface area contributed by atoms with Crippen molar-refractivity contribution in [3.63, 3.8) is 0 Å². The molecule has 0 aliphatic rings. The van der Waals surface area contributed by atoms with E-state index in [0.717, 1.165) is 12.1 Å². The van der Waals surface area contributed by atoms with Crippen LogP contribution < -0.4 is 15.4 Å². The molecule has 0 fully saturated rings. The fraction of sp³-hybridized carbons (Fsp3) is 0.462. The third-order valence-corrected chi connectivity index (χ3v) is 2.91. The summed E-state index contributed by atoms with van der Waals surface area (Å²) in [4.78, 5) is 11.7. The predicted molar refractivity (Wildman–Crippen MR) is 73.2 cm³/mol. The molecule has 1 atom stereocenters. The maximum Gasteiger partial charge on any atom is 0.260 e. The van der Waals surface area contributed by atoms with Crippen LogP contribution in [0.3, 0.4) is 0 Å². The van der Waals surface area contributed by atoms with Crippen LogP contribution in [0.25, 0.3) is 0 Å². The first-order valence-electron chi connectivity index (χ1n) is 5.89. The van der Waals surface area contributed by atoms with Crippen molar-refractivity contribution in [2.45, 2.75) is 20.0 Å². The van der Waals surface area contributed by atoms with Crippen LogP contribution in [0, 0.1) is 6.92 Å². The van der Waals surface area contributed by atoms with E-state index >= 15 is 0 Å². The SMILES string of the molecule is CNCCNC(=O)C(C)Oc1ccc(Cl)c(C)c1. The van der Waals surface area contributed by atoms with E-state index in [4.69, 9.17) is 16.3 Å². The number of hydrogen-bond acceptors (Lipinski definition) is 3. The average Bonchev–Trinajstić information content (AvgIpc) is 2.34. The monoisotopic (exact) mass is 270 g/mol. The highest BCUT2D eigenvalue weighted by molar-refractivity contribution is 6.31. The van der Waals surface area contributed by atoms with Crippen molar-refractivity contribution in [1.29, 1.82) is 0 Å². The van der Waals surface area contributed by atoms with Crippen molar-refractivity contribution in [3.8, 4) is 5.75 Å². The van der Waals surface area contributed by atoms with Gasteiger partial charge in [0.1, 0.15) is 5.75 Å². The number of likely N-dealkylation sites (N-methyl/N-ethyl adjacent to an activating group) is 1. The van der Waals surface area contributed by atoms with Crippen molar-refractivity contribution in [1.82, 2.24) is 10.6 Å². The van der Waals surface area contributed by atoms with Crippen molar-refractivity contribution in [3.05, 3.63) is 28.8 Å². The van der Waals surface area contributed by atoms with E-state index in [2.05, 4.69) is 10.6 Å². The zero-order chi connectivity index (χ0) is 13.5. The van der Waals surface area contributed by atoms with Gasteiger partial charge in [0.25, 0.3) is 5.91 Å². The lowest BCUT2D eigenvalue weighted by molar-refractivity contribution is -0.127. The smallest absolute Gasteiger partial charge is 0.260 e. The number of aryl methyl sites for hydroxylation is 1. The number of nitrogens with one attached hydrogen (secondary N) is 2. The van der Waals surface area contributed by atoms with Gasteiger partial charge in [-0.3, -0.25) is 4.79 Å². The molecule has 0 spiro atoms. The molecule has 5 heteroatoms. The van der Waals surface area contributed by atoms with Crippen molar-refractivity contribution >= 4 is 17.5 Å². The van der Waals surface area contributed by atoms with Gasteiger partial charge in [-0.25, -0.2) is 0 Å². The van der Waals surface area contributed by atoms with Gasteiger partial charge in [-0.15, -0.1) is 0 Å². The molecular formula is C13H19ClN2O2. The molecule has 0 saturated heterocycles. The number of carbonyl (C=O) groups excluding carboxylic acids is 1. The van der Waals surface area contributed by atoms with Gasteiger partial charge in [0.15, 0.2) is 6.10 Å². The van der Waals surface area contributed by atoms with Crippen LogP contribution in [0.1, 0.15) is 12.5 Å². The van der Waals surface area contributed by atoms with Crippen molar-refractivity contribution in [2.75, 3.05) is 20.1 Å². The fourth-order valence-corrected chi connectivity index (χ4v) is 1.52. The number of ether oxygens (including phenoxy) is 1. The number of carbonyl (C=O) groups is 1. The van der Waals surface area contributed by atoms with E-state index in [-0.39, 0.29) is 5.91 Å². The van der Waals surface area contributed by atoms with Crippen LogP contribution in [-0.2, 0) is 4.79 Å². The summed E-state index contributed by atoms with van der Waals surface area (Å²) in [6.07, 6.45) is -0.526. The Morgan fingerprint density at radius 3 is 2.78 bits per heavy atom. The average molecular weight is 271 g/mol. The topological polar surface area (TPSA) is 50.4 Å². The van der Waals surface area contributed by atoms with Crippen molar-refractivity contribution < 1.29 is 9.53 Å². The van der Waals surface area contributed by atoms with E-state index in [1.807, 2.05) is 20.0 Å². The Kier molecular flexibility index (Phi) is 5.95. The Labute approximate surface area is 113 Å². The van der Waals surface area contributed by atoms with Gasteiger partial charge in [-0.2, -0.15) is 0 Å². The summed E-state index contributed by atoms with van der Waals surface area (Å²) in [7, 11) is 1.84. The number of halogens is 1. The predicted octanol–water partition coefficient (Wildman–Crippen LogP) is 1.75. The van der Waals surface area contributed by atoms with Gasteiger partial charge in [0.05, 0.1) is 0 Å². The minimum absolute atomic E-state index is 0.127. The molecule has 1 rings (SSSR count). The largest absolute Gasteiger partial charge is 0.481 e. The Balaban J connectivity index is 2.50. The summed E-state index contributed by atoms with van der Waals surface area (Å²) in [6, 6.07) is 5.34. The van der Waals surface area contributed by atoms with Crippen LogP contribution in [0.2, 0.25) is 5.02 Å². The van der Waals surface area contributed by atoms with E-state index in [1.165, 1.54) is 0 Å². The first-order valence-corrected chi connectivity index (χ1v) is 6.27. The second-order valence-electron chi connectivity index (χ2n) is 4.07. The molecular weight excluding hydrogens is 252 g/mol. The molecule has 0 saturated carbocycles. The van der Waals surface area contributed by atoms with Gasteiger partial charge in [0, 0.05) is 18.1 Å². The highest BCUT2D eigenvalue weighted by Crippen LogP contribution is 2.21. The van der Waals surface area contributed by atoms with Gasteiger partial charge in [0.2, 0.25) is 0 Å². The Hall–Kier alpha value is -1.26. The first kappa shape index (κ1) is 14.8. The molecule has 1 amide bonds. The minimum Gasteiger partial charge on any atom is -0.481 e. The number of hydrogen-bond donors (Lipinski definition) is 2. The summed E-state index contributed by atoms with van der Waals surface area (Å²) < 4.78 is 5.55. The van der Waals surface area contributed by atoms with Crippen LogP contribution in [-0.4, -0.2) is 32.1 Å². The highest BCUT2D eigenvalue weighted by atomic mass is 35.5. The van der Waals surface area contributed by atoms with Crippen LogP contribution in [0.4, 0.5) is 0 Å². The summed E-state index contributed by atoms with van der Waals surface area (Å²) in [6.45, 7) is 4.94. The number of amides is 1. The van der Waals surface area contributed by atoms with Gasteiger partial charge in [-0.1, -0.05) is 11.6 Å². The zero-order valence-corrected chi connectivity index (χ0v) is 11.7. The molecule has 100 valence electrons. The molecule has 0 aliphatic carbocycles. The Morgan fingerprint density at radius 1 is 1.44 bits per heavy atom. The van der Waals surface area contributed by atoms with E-state index in [9.17, 15) is 4.79 Å². The summed E-state index contributed by atoms with van der Waals surface area (Å²) in [5.41, 5.74) is 0.928. The molecule has 4 nitrogen and oxygen atoms in total. The normalized spacial score (nSPS) is 12.0. The van der Waals surface area contributed by atoms with Crippen LogP contribution >= 0.6 is 11.6 Å². The van der Waals surface area contributed by atoms with Crippen molar-refractivity contribution in [2.24, 2.45) is 0 Å². The number of benzene rings is 1. The van der Waals surface area contributed by atoms with Gasteiger partial charge < -0.3 is 15.4 Å². The standard InChI is InChI=1S/C13H19ClN2O2/c1-9-8-11(4-5-12(9)14)18-10(2)13(17)16-7-6-15-3/h4-5,8,10,15H,6-7H2,1-3H3,(H,16,17). The third-order valence-electron chi connectivity index (χ3n) is 2.49. The lowest BCUT2D eigenvalue weighted by atomic mass is 10.2. The molecule has 18 heavy (non-hydrogen) atoms. The maximum absolute atomic E-state index is 11.7. The van der Waals surface area contributed by atoms with Crippen LogP contribution in [0.5, 0.6) is 5.75 Å². The minimum atomic E-state index is -0.526. The summed E-state index contributed by atoms with van der Waals surface area (Å²) in [5, 5.41) is 6.42. The second-order valence-corrected chi connectivity index (χ2v) is 4.47. The molecule has 0 heterocycles. The van der Waals surface area contributed by atoms with E-state index in [0.29, 0.717) is 17.3 Å². The molecule has 2 N–H and O–H groups in total. The summed E-state index contributed by atoms with van der Waals surface area (Å²) >= 11 is 5.92. The Morgan fingerprint density at radius 2 is 2.17 bits per heavy atom. The second kappa shape index (κ2) is 7.24. The lowest BCUT2D eigenvalue weighted by Gasteiger charge is -2.15. The van der Waals surface area contributed by atoms with Crippen LogP contribution in [0.15, 0.2) is 18.2 Å². The fourth-order valence-electron chi connectivity index (χ4n) is 1.40. The molecule has 1 unspecified atom stereocenters. The zero-order valence-electron chi connectivity index (χ0n) is 10.9. The van der Waals surface area contributed by atoms with E-state index < -0.39 is 6.10 Å². The first-order chi connectivity index (χ1) is 8.54. The van der Waals surface area contributed by atoms with E-state index in [1.54, 1.807) is 19.1 Å². The quantitative estimate of drug-likeness (QED) is 0.775. The van der Waals surface area contributed by atoms with Gasteiger partial charge in [-0.05, 0) is 44.7 Å². The highest BCUT2D eigenvalue weighted by Gasteiger charge is 2.14. The molecule has 0 radical (unpaired) electrons. The summed E-state index contributed by atoms with van der Waals surface area (Å²) in [5.74, 6) is 0.519. The molecule has 0 bridgehead atoms. The molecule has 0 aromatic heterocycles. The molecule has 0 aliphatic heterocycles. The molecule has 1 aromatic rings. The maximum atomic E-state index is 11.7. The Bertz CT molecular complexity index is 410. The molecule has 1 aromatic carbocycles.